The normalized spacial score (nSPS) is 16.9. The maximum Gasteiger partial charge on any atom is 0.330 e. The summed E-state index contributed by atoms with van der Waals surface area (Å²) >= 11 is 0. The number of piperidine rings is 1. The molecule has 126 valence electrons. The van der Waals surface area contributed by atoms with Gasteiger partial charge in [0.1, 0.15) is 5.75 Å². The van der Waals surface area contributed by atoms with Crippen LogP contribution in [0.1, 0.15) is 44.0 Å². The van der Waals surface area contributed by atoms with Gasteiger partial charge < -0.3 is 9.57 Å². The summed E-state index contributed by atoms with van der Waals surface area (Å²) in [7, 11) is 1.57. The van der Waals surface area contributed by atoms with E-state index in [2.05, 4.69) is 0 Å². The van der Waals surface area contributed by atoms with Crippen LogP contribution >= 0.6 is 0 Å². The average Bonchev–Trinajstić information content (AvgIpc) is 2.54. The molecule has 1 aliphatic rings. The minimum atomic E-state index is -0.524. The molecule has 1 aliphatic heterocycles. The van der Waals surface area contributed by atoms with Gasteiger partial charge in [-0.05, 0) is 45.7 Å². The standard InChI is InChI=1S/C18H25NO4/c1-18(2,3)17(21)23-19-11-9-13(10-12-19)16(20)14-7-5-6-8-15(14)22-4/h5-8,13H,9-12H2,1-4H3. The Hall–Kier alpha value is -1.88. The van der Waals surface area contributed by atoms with Crippen molar-refractivity contribution in [3.63, 3.8) is 0 Å². The summed E-state index contributed by atoms with van der Waals surface area (Å²) in [6, 6.07) is 7.29. The summed E-state index contributed by atoms with van der Waals surface area (Å²) in [4.78, 5) is 30.0. The minimum Gasteiger partial charge on any atom is -0.496 e. The predicted octanol–water partition coefficient (Wildman–Crippen LogP) is 3.09. The van der Waals surface area contributed by atoms with Crippen LogP contribution in [0.15, 0.2) is 24.3 Å². The quantitative estimate of drug-likeness (QED) is 0.798. The van der Waals surface area contributed by atoms with E-state index in [9.17, 15) is 9.59 Å². The fourth-order valence-electron chi connectivity index (χ4n) is 2.53. The van der Waals surface area contributed by atoms with Crippen LogP contribution in [-0.2, 0) is 9.63 Å². The van der Waals surface area contributed by atoms with Crippen molar-refractivity contribution in [1.82, 2.24) is 5.06 Å². The van der Waals surface area contributed by atoms with E-state index in [1.807, 2.05) is 32.9 Å². The number of Topliss-reactive ketones (excluding diaryl/α,β-unsaturated/α-hetero) is 1. The summed E-state index contributed by atoms with van der Waals surface area (Å²) in [5.41, 5.74) is 0.101. The number of benzene rings is 1. The molecule has 0 aromatic heterocycles. The summed E-state index contributed by atoms with van der Waals surface area (Å²) in [5.74, 6) is 0.409. The Morgan fingerprint density at radius 1 is 1.13 bits per heavy atom. The van der Waals surface area contributed by atoms with E-state index in [1.54, 1.807) is 24.3 Å². The largest absolute Gasteiger partial charge is 0.496 e. The summed E-state index contributed by atoms with van der Waals surface area (Å²) in [6.45, 7) is 6.63. The van der Waals surface area contributed by atoms with E-state index in [-0.39, 0.29) is 17.7 Å². The lowest BCUT2D eigenvalue weighted by molar-refractivity contribution is -0.205. The van der Waals surface area contributed by atoms with Gasteiger partial charge in [0.05, 0.1) is 18.1 Å². The molecule has 2 rings (SSSR count). The molecular formula is C18H25NO4. The molecule has 0 N–H and O–H groups in total. The van der Waals surface area contributed by atoms with Crippen molar-refractivity contribution in [1.29, 1.82) is 0 Å². The first-order chi connectivity index (χ1) is 10.8. The molecule has 1 aromatic carbocycles. The van der Waals surface area contributed by atoms with E-state index < -0.39 is 5.41 Å². The Bertz CT molecular complexity index is 569. The Morgan fingerprint density at radius 3 is 2.30 bits per heavy atom. The zero-order valence-corrected chi connectivity index (χ0v) is 14.3. The minimum absolute atomic E-state index is 0.0594. The van der Waals surface area contributed by atoms with Gasteiger partial charge in [0.25, 0.3) is 0 Å². The van der Waals surface area contributed by atoms with E-state index >= 15 is 0 Å². The van der Waals surface area contributed by atoms with E-state index in [4.69, 9.17) is 9.57 Å². The maximum atomic E-state index is 12.7. The highest BCUT2D eigenvalue weighted by Crippen LogP contribution is 2.27. The molecule has 0 saturated carbocycles. The van der Waals surface area contributed by atoms with Crippen molar-refractivity contribution < 1.29 is 19.2 Å². The molecule has 1 fully saturated rings. The van der Waals surface area contributed by atoms with Gasteiger partial charge in [-0.25, -0.2) is 4.79 Å². The predicted molar refractivity (Wildman–Crippen MR) is 87.2 cm³/mol. The highest BCUT2D eigenvalue weighted by Gasteiger charge is 2.31. The van der Waals surface area contributed by atoms with Gasteiger partial charge in [-0.15, -0.1) is 5.06 Å². The smallest absolute Gasteiger partial charge is 0.330 e. The molecule has 0 amide bonds. The lowest BCUT2D eigenvalue weighted by atomic mass is 9.89. The number of rotatable bonds is 4. The Labute approximate surface area is 137 Å². The third-order valence-corrected chi connectivity index (χ3v) is 4.02. The number of para-hydroxylation sites is 1. The fourth-order valence-corrected chi connectivity index (χ4v) is 2.53. The van der Waals surface area contributed by atoms with Gasteiger partial charge in [-0.3, -0.25) is 4.79 Å². The maximum absolute atomic E-state index is 12.7. The number of carbonyl (C=O) groups is 2. The first-order valence-electron chi connectivity index (χ1n) is 7.97. The SMILES string of the molecule is COc1ccccc1C(=O)C1CCN(OC(=O)C(C)(C)C)CC1. The van der Waals surface area contributed by atoms with Crippen LogP contribution in [0.2, 0.25) is 0 Å². The molecule has 1 aromatic rings. The Morgan fingerprint density at radius 2 is 1.74 bits per heavy atom. The van der Waals surface area contributed by atoms with Crippen molar-refractivity contribution in [2.24, 2.45) is 11.3 Å². The van der Waals surface area contributed by atoms with Gasteiger partial charge in [0.15, 0.2) is 5.78 Å². The van der Waals surface area contributed by atoms with Crippen LogP contribution < -0.4 is 4.74 Å². The topological polar surface area (TPSA) is 55.8 Å². The molecule has 0 radical (unpaired) electrons. The van der Waals surface area contributed by atoms with Crippen LogP contribution in [0.3, 0.4) is 0 Å². The highest BCUT2D eigenvalue weighted by molar-refractivity contribution is 6.00. The van der Waals surface area contributed by atoms with Crippen molar-refractivity contribution in [2.45, 2.75) is 33.6 Å². The number of methoxy groups -OCH3 is 1. The number of nitrogens with zero attached hydrogens (tertiary/aromatic N) is 1. The van der Waals surface area contributed by atoms with Crippen LogP contribution in [0.4, 0.5) is 0 Å². The number of carbonyl (C=O) groups excluding carboxylic acids is 2. The number of hydroxylamine groups is 2. The Balaban J connectivity index is 1.94. The molecule has 0 atom stereocenters. The van der Waals surface area contributed by atoms with Crippen LogP contribution in [-0.4, -0.2) is 37.0 Å². The van der Waals surface area contributed by atoms with E-state index in [0.29, 0.717) is 37.2 Å². The molecule has 0 aliphatic carbocycles. The van der Waals surface area contributed by atoms with Crippen molar-refractivity contribution >= 4 is 11.8 Å². The van der Waals surface area contributed by atoms with Gasteiger partial charge in [-0.2, -0.15) is 0 Å². The zero-order valence-electron chi connectivity index (χ0n) is 14.3. The second-order valence-electron chi connectivity index (χ2n) is 6.90. The van der Waals surface area contributed by atoms with Crippen molar-refractivity contribution in [3.05, 3.63) is 29.8 Å². The van der Waals surface area contributed by atoms with Crippen LogP contribution in [0, 0.1) is 11.3 Å². The van der Waals surface area contributed by atoms with E-state index in [0.717, 1.165) is 0 Å². The van der Waals surface area contributed by atoms with Crippen molar-refractivity contribution in [3.8, 4) is 5.75 Å². The first kappa shape index (κ1) is 17.5. The number of ketones is 1. The number of ether oxygens (including phenoxy) is 1. The molecule has 1 heterocycles. The molecule has 1 saturated heterocycles. The third kappa shape index (κ3) is 4.32. The average molecular weight is 319 g/mol. The third-order valence-electron chi connectivity index (χ3n) is 4.02. The lowest BCUT2D eigenvalue weighted by Gasteiger charge is -2.31. The zero-order chi connectivity index (χ0) is 17.0. The second kappa shape index (κ2) is 7.13. The monoisotopic (exact) mass is 319 g/mol. The number of hydrogen-bond donors (Lipinski definition) is 0. The second-order valence-corrected chi connectivity index (χ2v) is 6.90. The van der Waals surface area contributed by atoms with Gasteiger partial charge in [0, 0.05) is 19.0 Å². The van der Waals surface area contributed by atoms with Gasteiger partial charge in [-0.1, -0.05) is 12.1 Å². The lowest BCUT2D eigenvalue weighted by Crippen LogP contribution is -2.40. The molecule has 5 nitrogen and oxygen atoms in total. The molecule has 0 unspecified atom stereocenters. The van der Waals surface area contributed by atoms with Crippen molar-refractivity contribution in [2.75, 3.05) is 20.2 Å². The van der Waals surface area contributed by atoms with Crippen LogP contribution in [0.5, 0.6) is 5.75 Å². The molecule has 23 heavy (non-hydrogen) atoms. The molecule has 5 heteroatoms. The molecule has 0 bridgehead atoms. The summed E-state index contributed by atoms with van der Waals surface area (Å²) in [5, 5.41) is 1.67. The first-order valence-corrected chi connectivity index (χ1v) is 7.97. The van der Waals surface area contributed by atoms with Gasteiger partial charge >= 0.3 is 5.97 Å². The molecular weight excluding hydrogens is 294 g/mol. The van der Waals surface area contributed by atoms with Gasteiger partial charge in [0.2, 0.25) is 0 Å². The fraction of sp³-hybridized carbons (Fsp3) is 0.556. The Kier molecular flexibility index (Phi) is 5.42. The summed E-state index contributed by atoms with van der Waals surface area (Å²) < 4.78 is 5.27. The van der Waals surface area contributed by atoms with Crippen LogP contribution in [0.25, 0.3) is 0 Å². The molecule has 0 spiro atoms. The van der Waals surface area contributed by atoms with E-state index in [1.165, 1.54) is 0 Å². The number of hydrogen-bond acceptors (Lipinski definition) is 5. The highest BCUT2D eigenvalue weighted by atomic mass is 16.7. The summed E-state index contributed by atoms with van der Waals surface area (Å²) in [6.07, 6.45) is 1.35.